The van der Waals surface area contributed by atoms with Crippen molar-refractivity contribution in [3.8, 4) is 5.75 Å². The third-order valence-electron chi connectivity index (χ3n) is 8.08. The van der Waals surface area contributed by atoms with Gasteiger partial charge < -0.3 is 9.64 Å². The van der Waals surface area contributed by atoms with Crippen LogP contribution in [0.4, 0.5) is 14.5 Å². The maximum absolute atomic E-state index is 15.7. The van der Waals surface area contributed by atoms with Crippen molar-refractivity contribution in [3.05, 3.63) is 59.4 Å². The van der Waals surface area contributed by atoms with Crippen molar-refractivity contribution in [3.63, 3.8) is 0 Å². The summed E-state index contributed by atoms with van der Waals surface area (Å²) >= 11 is 0. The van der Waals surface area contributed by atoms with E-state index in [1.807, 2.05) is 4.90 Å². The van der Waals surface area contributed by atoms with Gasteiger partial charge in [-0.05, 0) is 55.2 Å². The fourth-order valence-corrected chi connectivity index (χ4v) is 5.71. The number of ether oxygens (including phenoxy) is 1. The largest absolute Gasteiger partial charge is 0.497 e. The van der Waals surface area contributed by atoms with Gasteiger partial charge in [0.05, 0.1) is 18.7 Å². The number of piperazine rings is 1. The second kappa shape index (κ2) is 11.9. The molecule has 9 nitrogen and oxygen atoms in total. The highest BCUT2D eigenvalue weighted by Crippen LogP contribution is 2.31. The second-order valence-electron chi connectivity index (χ2n) is 10.8. The van der Waals surface area contributed by atoms with Gasteiger partial charge in [-0.1, -0.05) is 12.1 Å². The van der Waals surface area contributed by atoms with Crippen LogP contribution in [0.2, 0.25) is 0 Å². The van der Waals surface area contributed by atoms with Gasteiger partial charge in [0.15, 0.2) is 0 Å². The van der Waals surface area contributed by atoms with Crippen LogP contribution in [0.5, 0.6) is 5.75 Å². The number of rotatable bonds is 7. The molecule has 5 rings (SSSR count). The van der Waals surface area contributed by atoms with E-state index in [2.05, 4.69) is 15.6 Å². The number of alkyl halides is 1. The molecule has 0 saturated carbocycles. The molecule has 0 aromatic heterocycles. The summed E-state index contributed by atoms with van der Waals surface area (Å²) in [5.74, 6) is -1.27. The summed E-state index contributed by atoms with van der Waals surface area (Å²) in [5, 5.41) is 4.08. The third-order valence-corrected chi connectivity index (χ3v) is 8.08. The highest BCUT2D eigenvalue weighted by molar-refractivity contribution is 6.01. The predicted octanol–water partition coefficient (Wildman–Crippen LogP) is 2.63. The lowest BCUT2D eigenvalue weighted by Gasteiger charge is -2.42. The van der Waals surface area contributed by atoms with Crippen molar-refractivity contribution in [2.45, 2.75) is 37.3 Å². The minimum absolute atomic E-state index is 0.244. The number of piperidine rings is 2. The number of halogens is 2. The van der Waals surface area contributed by atoms with E-state index in [1.165, 1.54) is 6.07 Å². The lowest BCUT2D eigenvalue weighted by Crippen LogP contribution is -2.56. The maximum atomic E-state index is 15.7. The first-order chi connectivity index (χ1) is 19.2. The van der Waals surface area contributed by atoms with Crippen LogP contribution in [0.1, 0.15) is 47.5 Å². The van der Waals surface area contributed by atoms with Crippen LogP contribution in [-0.4, -0.2) is 86.2 Å². The molecule has 0 spiro atoms. The summed E-state index contributed by atoms with van der Waals surface area (Å²) in [4.78, 5) is 40.2. The molecule has 11 heteroatoms. The molecule has 1 atom stereocenters. The number of nitrogens with zero attached hydrogens (tertiary/aromatic N) is 3. The number of carbonyl (C=O) groups excluding carboxylic acids is 3. The Bertz CT molecular complexity index is 1260. The van der Waals surface area contributed by atoms with Crippen molar-refractivity contribution in [1.29, 1.82) is 0 Å². The molecule has 3 fully saturated rings. The number of methoxy groups -OCH3 is 1. The molecule has 0 aliphatic carbocycles. The minimum atomic E-state index is -1.35. The molecule has 3 heterocycles. The Morgan fingerprint density at radius 2 is 1.82 bits per heavy atom. The van der Waals surface area contributed by atoms with Gasteiger partial charge in [-0.25, -0.2) is 13.8 Å². The number of anilines is 1. The monoisotopic (exact) mass is 555 g/mol. The minimum Gasteiger partial charge on any atom is -0.497 e. The predicted molar refractivity (Wildman–Crippen MR) is 145 cm³/mol. The molecule has 3 amide bonds. The van der Waals surface area contributed by atoms with Crippen molar-refractivity contribution >= 4 is 23.4 Å². The van der Waals surface area contributed by atoms with E-state index in [-0.39, 0.29) is 24.1 Å². The van der Waals surface area contributed by atoms with Crippen LogP contribution in [0.3, 0.4) is 0 Å². The van der Waals surface area contributed by atoms with Gasteiger partial charge in [0.2, 0.25) is 11.8 Å². The van der Waals surface area contributed by atoms with Crippen LogP contribution in [0.15, 0.2) is 42.5 Å². The molecule has 1 unspecified atom stereocenters. The van der Waals surface area contributed by atoms with Crippen LogP contribution >= 0.6 is 0 Å². The molecule has 3 aliphatic rings. The molecule has 0 radical (unpaired) electrons. The zero-order valence-electron chi connectivity index (χ0n) is 22.6. The smallest absolute Gasteiger partial charge is 0.265 e. The molecule has 2 aromatic rings. The summed E-state index contributed by atoms with van der Waals surface area (Å²) in [7, 11) is 1.55. The second-order valence-corrected chi connectivity index (χ2v) is 10.8. The van der Waals surface area contributed by atoms with Crippen molar-refractivity contribution < 1.29 is 27.9 Å². The van der Waals surface area contributed by atoms with E-state index >= 15 is 8.78 Å². The highest BCUT2D eigenvalue weighted by atomic mass is 19.1. The summed E-state index contributed by atoms with van der Waals surface area (Å²) in [6, 6.07) is 11.7. The third kappa shape index (κ3) is 6.42. The SMILES string of the molecule is COc1cccc(C(=O)NN2CCC(F)(CN3CCN(c4ccc(C5CCC(=O)NC5=O)cc4F)CC3)CC2)c1. The Kier molecular flexibility index (Phi) is 8.32. The number of amides is 3. The van der Waals surface area contributed by atoms with E-state index in [0.29, 0.717) is 87.6 Å². The zero-order valence-corrected chi connectivity index (χ0v) is 22.6. The van der Waals surface area contributed by atoms with E-state index < -0.39 is 17.4 Å². The number of hydrogen-bond acceptors (Lipinski definition) is 7. The average molecular weight is 556 g/mol. The molecule has 3 saturated heterocycles. The first-order valence-electron chi connectivity index (χ1n) is 13.7. The van der Waals surface area contributed by atoms with E-state index in [9.17, 15) is 14.4 Å². The Hall–Kier alpha value is -3.57. The van der Waals surface area contributed by atoms with Crippen LogP contribution in [0.25, 0.3) is 0 Å². The van der Waals surface area contributed by atoms with Crippen LogP contribution in [-0.2, 0) is 9.59 Å². The lowest BCUT2D eigenvalue weighted by molar-refractivity contribution is -0.134. The molecule has 2 N–H and O–H groups in total. The highest BCUT2D eigenvalue weighted by Gasteiger charge is 2.37. The number of hydrogen-bond donors (Lipinski definition) is 2. The number of carbonyl (C=O) groups is 3. The summed E-state index contributed by atoms with van der Waals surface area (Å²) in [5.41, 5.74) is 3.02. The summed E-state index contributed by atoms with van der Waals surface area (Å²) < 4.78 is 35.9. The molecule has 214 valence electrons. The van der Waals surface area contributed by atoms with Gasteiger partial charge in [-0.3, -0.25) is 30.0 Å². The van der Waals surface area contributed by atoms with E-state index in [0.717, 1.165) is 0 Å². The van der Waals surface area contributed by atoms with Gasteiger partial charge in [-0.2, -0.15) is 0 Å². The average Bonchev–Trinajstić information content (AvgIpc) is 2.95. The van der Waals surface area contributed by atoms with Gasteiger partial charge in [-0.15, -0.1) is 0 Å². The Morgan fingerprint density at radius 1 is 1.07 bits per heavy atom. The summed E-state index contributed by atoms with van der Waals surface area (Å²) in [6.45, 7) is 3.47. The Balaban J connectivity index is 1.09. The van der Waals surface area contributed by atoms with Crippen molar-refractivity contribution in [2.24, 2.45) is 0 Å². The van der Waals surface area contributed by atoms with Crippen LogP contribution in [0, 0.1) is 5.82 Å². The summed E-state index contributed by atoms with van der Waals surface area (Å²) in [6.07, 6.45) is 1.23. The van der Waals surface area contributed by atoms with Gasteiger partial charge in [0.25, 0.3) is 5.91 Å². The molecule has 2 aromatic carbocycles. The first-order valence-corrected chi connectivity index (χ1v) is 13.7. The van der Waals surface area contributed by atoms with E-state index in [4.69, 9.17) is 4.74 Å². The lowest BCUT2D eigenvalue weighted by atomic mass is 9.90. The maximum Gasteiger partial charge on any atom is 0.265 e. The number of hydrazine groups is 1. The Morgan fingerprint density at radius 3 is 2.50 bits per heavy atom. The Labute approximate surface area is 232 Å². The molecular weight excluding hydrogens is 520 g/mol. The quantitative estimate of drug-likeness (QED) is 0.508. The van der Waals surface area contributed by atoms with Crippen molar-refractivity contribution in [1.82, 2.24) is 20.7 Å². The van der Waals surface area contributed by atoms with Crippen molar-refractivity contribution in [2.75, 3.05) is 57.8 Å². The number of benzene rings is 2. The number of nitrogens with one attached hydrogen (secondary N) is 2. The normalized spacial score (nSPS) is 22.1. The number of imide groups is 1. The van der Waals surface area contributed by atoms with Gasteiger partial charge in [0.1, 0.15) is 17.2 Å². The topological polar surface area (TPSA) is 94.2 Å². The molecule has 3 aliphatic heterocycles. The van der Waals surface area contributed by atoms with E-state index in [1.54, 1.807) is 48.5 Å². The first kappa shape index (κ1) is 28.0. The fourth-order valence-electron chi connectivity index (χ4n) is 5.71. The van der Waals surface area contributed by atoms with Crippen LogP contribution < -0.4 is 20.4 Å². The molecular formula is C29H35F2N5O4. The zero-order chi connectivity index (χ0) is 28.3. The van der Waals surface area contributed by atoms with Gasteiger partial charge in [0, 0.05) is 57.8 Å². The fraction of sp³-hybridized carbons (Fsp3) is 0.483. The standard InChI is InChI=1S/C29H35F2N5O4/c1-40-22-4-2-3-21(17-22)27(38)33-36-11-9-29(31,10-12-36)19-34-13-15-35(16-14-34)25-7-5-20(18-24(25)30)23-6-8-26(37)32-28(23)39/h2-5,7,17-18,23H,6,8-16,19H2,1H3,(H,33,38)(H,32,37,39). The molecule has 0 bridgehead atoms. The van der Waals surface area contributed by atoms with Gasteiger partial charge >= 0.3 is 0 Å². The molecule has 40 heavy (non-hydrogen) atoms.